The Morgan fingerprint density at radius 3 is 2.54 bits per heavy atom. The number of hydrogen-bond donors (Lipinski definition) is 5. The number of hydrogen-bond acceptors (Lipinski definition) is 7. The topological polar surface area (TPSA) is 161 Å². The van der Waals surface area contributed by atoms with Crippen molar-refractivity contribution in [2.24, 2.45) is 0 Å². The van der Waals surface area contributed by atoms with Gasteiger partial charge in [0.05, 0.1) is 6.04 Å². The molecule has 2 aliphatic heterocycles. The lowest BCUT2D eigenvalue weighted by Gasteiger charge is -2.47. The maximum Gasteiger partial charge on any atom is 0.507 e. The van der Waals surface area contributed by atoms with Gasteiger partial charge in [0.2, 0.25) is 0 Å². The van der Waals surface area contributed by atoms with Gasteiger partial charge in [-0.15, -0.1) is 0 Å². The molecule has 2 heterocycles. The van der Waals surface area contributed by atoms with Gasteiger partial charge in [0, 0.05) is 32.6 Å². The standard InChI is InChI=1S/C23H33N5O7/c29-20-17(11-14-27-13-6-10-19(28(20)27)35-23(33)34)26-18(21(30)31)9-4-5-12-24-22(32)25-15-16-7-2-1-3-8-16/h1-3,7-8,17-19,26H,4-6,9-15H2,(H,30,31)(H,33,34)(H2,24,25,32). The Balaban J connectivity index is 1.41. The summed E-state index contributed by atoms with van der Waals surface area (Å²) >= 11 is 0. The summed E-state index contributed by atoms with van der Waals surface area (Å²) in [4.78, 5) is 47.7. The average Bonchev–Trinajstić information content (AvgIpc) is 2.83. The summed E-state index contributed by atoms with van der Waals surface area (Å²) in [6.45, 7) is 1.93. The van der Waals surface area contributed by atoms with Crippen molar-refractivity contribution in [3.63, 3.8) is 0 Å². The number of nitrogens with zero attached hydrogens (tertiary/aromatic N) is 2. The summed E-state index contributed by atoms with van der Waals surface area (Å²) in [7, 11) is 0. The van der Waals surface area contributed by atoms with Gasteiger partial charge in [0.1, 0.15) is 6.04 Å². The second-order valence-corrected chi connectivity index (χ2v) is 8.61. The Morgan fingerprint density at radius 2 is 1.83 bits per heavy atom. The molecule has 3 amide bonds. The summed E-state index contributed by atoms with van der Waals surface area (Å²) in [6.07, 6.45) is 0.562. The minimum atomic E-state index is -1.45. The molecule has 3 unspecified atom stereocenters. The van der Waals surface area contributed by atoms with Gasteiger partial charge in [0.15, 0.2) is 6.23 Å². The number of fused-ring (bicyclic) bond motifs is 1. The first kappa shape index (κ1) is 26.2. The molecule has 5 N–H and O–H groups in total. The van der Waals surface area contributed by atoms with Gasteiger partial charge in [-0.2, -0.15) is 0 Å². The molecular weight excluding hydrogens is 458 g/mol. The van der Waals surface area contributed by atoms with E-state index in [-0.39, 0.29) is 18.4 Å². The number of ether oxygens (including phenoxy) is 1. The predicted molar refractivity (Wildman–Crippen MR) is 124 cm³/mol. The molecule has 0 aromatic heterocycles. The summed E-state index contributed by atoms with van der Waals surface area (Å²) in [6, 6.07) is 7.55. The van der Waals surface area contributed by atoms with E-state index in [1.165, 1.54) is 5.01 Å². The average molecular weight is 492 g/mol. The number of rotatable bonds is 11. The van der Waals surface area contributed by atoms with Crippen molar-refractivity contribution in [1.29, 1.82) is 0 Å². The molecule has 35 heavy (non-hydrogen) atoms. The van der Waals surface area contributed by atoms with Crippen LogP contribution in [0, 0.1) is 0 Å². The van der Waals surface area contributed by atoms with E-state index in [1.54, 1.807) is 5.01 Å². The van der Waals surface area contributed by atoms with E-state index in [0.29, 0.717) is 58.3 Å². The zero-order valence-corrected chi connectivity index (χ0v) is 19.5. The van der Waals surface area contributed by atoms with Crippen molar-refractivity contribution in [3.05, 3.63) is 35.9 Å². The Labute approximate surface area is 203 Å². The third-order valence-corrected chi connectivity index (χ3v) is 6.08. The number of nitrogens with one attached hydrogen (secondary N) is 3. The molecule has 3 atom stereocenters. The quantitative estimate of drug-likeness (QED) is 0.227. The minimum Gasteiger partial charge on any atom is -0.480 e. The van der Waals surface area contributed by atoms with Crippen LogP contribution in [0.2, 0.25) is 0 Å². The van der Waals surface area contributed by atoms with Crippen molar-refractivity contribution in [2.75, 3.05) is 19.6 Å². The normalized spacial score (nSPS) is 21.0. The number of carboxylic acids is 1. The Bertz CT molecular complexity index is 884. The number of amides is 3. The first-order chi connectivity index (χ1) is 16.8. The van der Waals surface area contributed by atoms with Gasteiger partial charge < -0.3 is 25.6 Å². The van der Waals surface area contributed by atoms with E-state index in [4.69, 9.17) is 9.84 Å². The monoisotopic (exact) mass is 491 g/mol. The van der Waals surface area contributed by atoms with E-state index in [1.807, 2.05) is 30.3 Å². The smallest absolute Gasteiger partial charge is 0.480 e. The molecular formula is C23H33N5O7. The number of urea groups is 1. The summed E-state index contributed by atoms with van der Waals surface area (Å²) < 4.78 is 4.88. The number of carbonyl (C=O) groups is 4. The fourth-order valence-electron chi connectivity index (χ4n) is 4.34. The van der Waals surface area contributed by atoms with Crippen LogP contribution in [0.5, 0.6) is 0 Å². The van der Waals surface area contributed by atoms with Crippen LogP contribution in [0.25, 0.3) is 0 Å². The molecule has 0 bridgehead atoms. The van der Waals surface area contributed by atoms with Gasteiger partial charge in [-0.05, 0) is 37.7 Å². The van der Waals surface area contributed by atoms with Crippen molar-refractivity contribution >= 4 is 24.1 Å². The maximum atomic E-state index is 13.0. The highest BCUT2D eigenvalue weighted by Crippen LogP contribution is 2.25. The molecule has 12 nitrogen and oxygen atoms in total. The van der Waals surface area contributed by atoms with Crippen molar-refractivity contribution < 1.29 is 34.1 Å². The highest BCUT2D eigenvalue weighted by molar-refractivity contribution is 5.84. The van der Waals surface area contributed by atoms with E-state index in [0.717, 1.165) is 5.56 Å². The van der Waals surface area contributed by atoms with Gasteiger partial charge in [0.25, 0.3) is 5.91 Å². The maximum absolute atomic E-state index is 13.0. The SMILES string of the molecule is O=C(NCCCCC(NC1CCN2CCCC(OC(=O)O)N2C1=O)C(=O)O)NCc1ccccc1. The van der Waals surface area contributed by atoms with Gasteiger partial charge in [-0.1, -0.05) is 30.3 Å². The van der Waals surface area contributed by atoms with Crippen LogP contribution < -0.4 is 16.0 Å². The van der Waals surface area contributed by atoms with Crippen LogP contribution in [-0.4, -0.2) is 82.2 Å². The Hall–Kier alpha value is -3.38. The molecule has 12 heteroatoms. The molecule has 1 aromatic carbocycles. The zero-order chi connectivity index (χ0) is 25.2. The number of aliphatic carboxylic acids is 1. The van der Waals surface area contributed by atoms with E-state index >= 15 is 0 Å². The number of carboxylic acid groups (broad SMARTS) is 2. The lowest BCUT2D eigenvalue weighted by atomic mass is 10.0. The number of hydrazine groups is 1. The van der Waals surface area contributed by atoms with Crippen molar-refractivity contribution in [3.8, 4) is 0 Å². The molecule has 0 radical (unpaired) electrons. The first-order valence-corrected chi connectivity index (χ1v) is 11.9. The van der Waals surface area contributed by atoms with Crippen LogP contribution in [0.3, 0.4) is 0 Å². The predicted octanol–water partition coefficient (Wildman–Crippen LogP) is 1.33. The molecule has 0 spiro atoms. The molecule has 192 valence electrons. The zero-order valence-electron chi connectivity index (χ0n) is 19.5. The molecule has 0 saturated carbocycles. The second-order valence-electron chi connectivity index (χ2n) is 8.61. The van der Waals surface area contributed by atoms with E-state index in [2.05, 4.69) is 16.0 Å². The molecule has 1 aromatic rings. The fraction of sp³-hybridized carbons (Fsp3) is 0.565. The Morgan fingerprint density at radius 1 is 1.06 bits per heavy atom. The number of benzene rings is 1. The minimum absolute atomic E-state index is 0.283. The third-order valence-electron chi connectivity index (χ3n) is 6.08. The number of carbonyl (C=O) groups excluding carboxylic acids is 2. The van der Waals surface area contributed by atoms with Gasteiger partial charge in [-0.25, -0.2) is 19.6 Å². The summed E-state index contributed by atoms with van der Waals surface area (Å²) in [5.74, 6) is -1.45. The van der Waals surface area contributed by atoms with E-state index in [9.17, 15) is 24.3 Å². The van der Waals surface area contributed by atoms with Crippen molar-refractivity contribution in [2.45, 2.75) is 63.4 Å². The highest BCUT2D eigenvalue weighted by atomic mass is 16.7. The van der Waals surface area contributed by atoms with Crippen LogP contribution in [0.15, 0.2) is 30.3 Å². The van der Waals surface area contributed by atoms with Gasteiger partial charge in [-0.3, -0.25) is 14.9 Å². The van der Waals surface area contributed by atoms with Crippen molar-refractivity contribution in [1.82, 2.24) is 26.0 Å². The lowest BCUT2D eigenvalue weighted by Crippen LogP contribution is -2.66. The highest BCUT2D eigenvalue weighted by Gasteiger charge is 2.43. The fourth-order valence-corrected chi connectivity index (χ4v) is 4.34. The summed E-state index contributed by atoms with van der Waals surface area (Å²) in [5.41, 5.74) is 0.990. The molecule has 3 rings (SSSR count). The molecule has 0 aliphatic carbocycles. The van der Waals surface area contributed by atoms with Gasteiger partial charge >= 0.3 is 18.2 Å². The lowest BCUT2D eigenvalue weighted by molar-refractivity contribution is -0.202. The molecule has 2 saturated heterocycles. The third kappa shape index (κ3) is 7.82. The first-order valence-electron chi connectivity index (χ1n) is 11.9. The largest absolute Gasteiger partial charge is 0.507 e. The number of unbranched alkanes of at least 4 members (excludes halogenated alkanes) is 1. The Kier molecular flexibility index (Phi) is 9.67. The van der Waals surface area contributed by atoms with Crippen LogP contribution in [0.1, 0.15) is 44.1 Å². The van der Waals surface area contributed by atoms with Crippen LogP contribution in [0.4, 0.5) is 9.59 Å². The van der Waals surface area contributed by atoms with Crippen LogP contribution in [-0.2, 0) is 20.9 Å². The van der Waals surface area contributed by atoms with E-state index < -0.39 is 30.4 Å². The summed E-state index contributed by atoms with van der Waals surface area (Å²) in [5, 5.41) is 30.1. The van der Waals surface area contributed by atoms with Crippen LogP contribution >= 0.6 is 0 Å². The molecule has 2 fully saturated rings. The molecule has 2 aliphatic rings. The second kappa shape index (κ2) is 12.9.